The number of rotatable bonds is 4. The average Bonchev–Trinajstić information content (AvgIpc) is 2.91. The van der Waals surface area contributed by atoms with E-state index in [0.717, 1.165) is 31.2 Å². The molecule has 2 aromatic rings. The Morgan fingerprint density at radius 2 is 1.71 bits per heavy atom. The number of aliphatic carboxylic acids is 1. The van der Waals surface area contributed by atoms with E-state index in [1.165, 1.54) is 23.5 Å². The molecule has 0 atom stereocenters. The van der Waals surface area contributed by atoms with Crippen molar-refractivity contribution in [1.29, 1.82) is 0 Å². The molecule has 2 aliphatic rings. The van der Waals surface area contributed by atoms with Crippen molar-refractivity contribution in [2.45, 2.75) is 84.0 Å². The summed E-state index contributed by atoms with van der Waals surface area (Å²) >= 11 is 0. The molecular formula is C28H34F4N4O5. The molecule has 1 aliphatic heterocycles. The van der Waals surface area contributed by atoms with Gasteiger partial charge in [0.25, 0.3) is 11.5 Å². The predicted molar refractivity (Wildman–Crippen MR) is 141 cm³/mol. The zero-order valence-electron chi connectivity index (χ0n) is 23.4. The van der Waals surface area contributed by atoms with E-state index < -0.39 is 29.4 Å². The van der Waals surface area contributed by atoms with Crippen LogP contribution in [0.15, 0.2) is 23.0 Å². The van der Waals surface area contributed by atoms with Gasteiger partial charge in [-0.3, -0.25) is 14.4 Å². The number of hydrogen-bond donors (Lipinski definition) is 2. The lowest BCUT2D eigenvalue weighted by molar-refractivity contribution is -0.192. The van der Waals surface area contributed by atoms with Crippen LogP contribution in [0.25, 0.3) is 0 Å². The van der Waals surface area contributed by atoms with Crippen LogP contribution in [0.5, 0.6) is 0 Å². The first-order valence-electron chi connectivity index (χ1n) is 13.3. The largest absolute Gasteiger partial charge is 0.490 e. The van der Waals surface area contributed by atoms with Gasteiger partial charge in [0, 0.05) is 24.6 Å². The van der Waals surface area contributed by atoms with E-state index in [0.29, 0.717) is 29.8 Å². The summed E-state index contributed by atoms with van der Waals surface area (Å²) in [6.45, 7) is 7.82. The molecule has 0 bridgehead atoms. The molecule has 0 radical (unpaired) electrons. The Hall–Kier alpha value is -3.77. The molecule has 2 N–H and O–H groups in total. The zero-order chi connectivity index (χ0) is 30.7. The Morgan fingerprint density at radius 1 is 1.10 bits per heavy atom. The number of hydrogen-bond acceptors (Lipinski definition) is 5. The highest BCUT2D eigenvalue weighted by molar-refractivity contribution is 5.98. The minimum Gasteiger partial charge on any atom is -0.475 e. The Balaban J connectivity index is 0.000000587. The summed E-state index contributed by atoms with van der Waals surface area (Å²) in [7, 11) is 0. The van der Waals surface area contributed by atoms with Crippen LogP contribution in [0.2, 0.25) is 0 Å². The second-order valence-corrected chi connectivity index (χ2v) is 11.1. The van der Waals surface area contributed by atoms with Crippen LogP contribution in [-0.2, 0) is 16.0 Å². The molecule has 9 nitrogen and oxygen atoms in total. The number of carbonyl (C=O) groups is 3. The first kappa shape index (κ1) is 31.8. The topological polar surface area (TPSA) is 124 Å². The Bertz CT molecular complexity index is 1370. The molecule has 2 fully saturated rings. The van der Waals surface area contributed by atoms with Crippen molar-refractivity contribution >= 4 is 17.8 Å². The van der Waals surface area contributed by atoms with Crippen molar-refractivity contribution in [3.05, 3.63) is 62.3 Å². The monoisotopic (exact) mass is 582 g/mol. The number of amides is 2. The minimum atomic E-state index is -5.08. The van der Waals surface area contributed by atoms with Gasteiger partial charge in [-0.2, -0.15) is 18.3 Å². The number of benzene rings is 1. The number of carboxylic acid groups (broad SMARTS) is 1. The highest BCUT2D eigenvalue weighted by atomic mass is 19.4. The van der Waals surface area contributed by atoms with Gasteiger partial charge in [0.2, 0.25) is 5.91 Å². The van der Waals surface area contributed by atoms with Crippen LogP contribution < -0.4 is 5.56 Å². The van der Waals surface area contributed by atoms with Gasteiger partial charge in [-0.15, -0.1) is 0 Å². The average molecular weight is 583 g/mol. The SMILES string of the molecule is Cc1c(Cc2ccc(F)c(C(=O)N3CC(=O)N(C4CCCCC4)CC3(C)C)c2)n[nH]c(=O)c1C.O=C(O)C(F)(F)F. The maximum Gasteiger partial charge on any atom is 0.490 e. The van der Waals surface area contributed by atoms with Crippen LogP contribution in [0, 0.1) is 19.7 Å². The van der Waals surface area contributed by atoms with Gasteiger partial charge in [0.05, 0.1) is 16.8 Å². The van der Waals surface area contributed by atoms with Crippen LogP contribution in [0.4, 0.5) is 17.6 Å². The lowest BCUT2D eigenvalue weighted by Gasteiger charge is -2.49. The number of alkyl halides is 3. The van der Waals surface area contributed by atoms with E-state index >= 15 is 0 Å². The lowest BCUT2D eigenvalue weighted by atomic mass is 9.90. The smallest absolute Gasteiger partial charge is 0.475 e. The number of nitrogens with zero attached hydrogens (tertiary/aromatic N) is 3. The molecule has 1 aromatic heterocycles. The molecule has 2 heterocycles. The molecule has 224 valence electrons. The van der Waals surface area contributed by atoms with E-state index in [1.54, 1.807) is 13.0 Å². The second kappa shape index (κ2) is 12.4. The van der Waals surface area contributed by atoms with Gasteiger partial charge in [-0.05, 0) is 63.8 Å². The van der Waals surface area contributed by atoms with E-state index in [2.05, 4.69) is 10.2 Å². The summed E-state index contributed by atoms with van der Waals surface area (Å²) in [5, 5.41) is 13.7. The minimum absolute atomic E-state index is 0.0498. The van der Waals surface area contributed by atoms with Crippen LogP contribution in [0.1, 0.15) is 78.7 Å². The molecule has 4 rings (SSSR count). The summed E-state index contributed by atoms with van der Waals surface area (Å²) in [6, 6.07) is 4.66. The van der Waals surface area contributed by atoms with Gasteiger partial charge in [-0.1, -0.05) is 25.3 Å². The molecule has 1 aromatic carbocycles. The molecule has 0 spiro atoms. The highest BCUT2D eigenvalue weighted by Gasteiger charge is 2.43. The molecule has 13 heteroatoms. The molecule has 2 amide bonds. The van der Waals surface area contributed by atoms with Crippen molar-refractivity contribution in [3.63, 3.8) is 0 Å². The fraction of sp³-hybridized carbons (Fsp3) is 0.536. The van der Waals surface area contributed by atoms with E-state index in [-0.39, 0.29) is 29.6 Å². The first-order valence-corrected chi connectivity index (χ1v) is 13.3. The highest BCUT2D eigenvalue weighted by Crippen LogP contribution is 2.31. The predicted octanol–water partition coefficient (Wildman–Crippen LogP) is 4.15. The van der Waals surface area contributed by atoms with Crippen molar-refractivity contribution in [2.24, 2.45) is 0 Å². The number of nitrogens with one attached hydrogen (secondary N) is 1. The number of carboxylic acids is 1. The van der Waals surface area contributed by atoms with Gasteiger partial charge in [0.1, 0.15) is 12.4 Å². The van der Waals surface area contributed by atoms with E-state index in [4.69, 9.17) is 9.90 Å². The van der Waals surface area contributed by atoms with Crippen molar-refractivity contribution in [1.82, 2.24) is 20.0 Å². The third-order valence-corrected chi connectivity index (χ3v) is 7.67. The molecule has 41 heavy (non-hydrogen) atoms. The maximum atomic E-state index is 14.8. The number of piperazine rings is 1. The summed E-state index contributed by atoms with van der Waals surface area (Å²) in [5.41, 5.74) is 1.82. The van der Waals surface area contributed by atoms with Gasteiger partial charge in [-0.25, -0.2) is 14.3 Å². The van der Waals surface area contributed by atoms with Gasteiger partial charge >= 0.3 is 12.1 Å². The summed E-state index contributed by atoms with van der Waals surface area (Å²) < 4.78 is 46.6. The first-order chi connectivity index (χ1) is 19.0. The summed E-state index contributed by atoms with van der Waals surface area (Å²) in [6.07, 6.45) is 0.725. The van der Waals surface area contributed by atoms with Crippen molar-refractivity contribution < 1.29 is 37.1 Å². The van der Waals surface area contributed by atoms with Crippen molar-refractivity contribution in [3.8, 4) is 0 Å². The molecule has 0 unspecified atom stereocenters. The van der Waals surface area contributed by atoms with Crippen LogP contribution >= 0.6 is 0 Å². The molecule has 1 aliphatic carbocycles. The number of carbonyl (C=O) groups excluding carboxylic acids is 2. The third kappa shape index (κ3) is 7.50. The van der Waals surface area contributed by atoms with E-state index in [1.807, 2.05) is 25.7 Å². The Kier molecular flexibility index (Phi) is 9.60. The number of halogens is 4. The standard InChI is InChI=1S/C26H33FN4O3.C2HF3O2/c1-16-17(2)24(33)29-28-22(16)13-18-10-11-21(27)20(12-18)25(34)31-14-23(32)30(15-26(31,3)4)19-8-6-5-7-9-19;3-2(4,5)1(6)7/h10-12,19H,5-9,13-15H2,1-4H3,(H,29,33);(H,6,7). The number of H-pyrrole nitrogens is 1. The van der Waals surface area contributed by atoms with Crippen LogP contribution in [0.3, 0.4) is 0 Å². The van der Waals surface area contributed by atoms with Gasteiger partial charge < -0.3 is 14.9 Å². The second-order valence-electron chi connectivity index (χ2n) is 11.1. The number of aromatic nitrogens is 2. The normalized spacial score (nSPS) is 17.6. The van der Waals surface area contributed by atoms with Crippen LogP contribution in [-0.4, -0.2) is 73.7 Å². The Morgan fingerprint density at radius 3 is 2.29 bits per heavy atom. The molecule has 1 saturated heterocycles. The quantitative estimate of drug-likeness (QED) is 0.523. The molecule has 1 saturated carbocycles. The lowest BCUT2D eigenvalue weighted by Crippen LogP contribution is -2.65. The fourth-order valence-electron chi connectivity index (χ4n) is 5.13. The summed E-state index contributed by atoms with van der Waals surface area (Å²) in [4.78, 5) is 50.6. The number of aromatic amines is 1. The Labute approximate surface area is 234 Å². The van der Waals surface area contributed by atoms with E-state index in [9.17, 15) is 31.9 Å². The fourth-order valence-corrected chi connectivity index (χ4v) is 5.13. The maximum absolute atomic E-state index is 14.8. The van der Waals surface area contributed by atoms with Crippen molar-refractivity contribution in [2.75, 3.05) is 13.1 Å². The zero-order valence-corrected chi connectivity index (χ0v) is 23.4. The third-order valence-electron chi connectivity index (χ3n) is 7.67. The van der Waals surface area contributed by atoms with Gasteiger partial charge in [0.15, 0.2) is 0 Å². The summed E-state index contributed by atoms with van der Waals surface area (Å²) in [5.74, 6) is -3.93. The molecular weight excluding hydrogens is 548 g/mol.